The van der Waals surface area contributed by atoms with Crippen molar-refractivity contribution in [3.8, 4) is 0 Å². The van der Waals surface area contributed by atoms with Gasteiger partial charge >= 0.3 is 11.9 Å². The van der Waals surface area contributed by atoms with Crippen molar-refractivity contribution in [1.29, 1.82) is 0 Å². The highest BCUT2D eigenvalue weighted by molar-refractivity contribution is 5.82. The summed E-state index contributed by atoms with van der Waals surface area (Å²) in [5, 5.41) is 17.4. The summed E-state index contributed by atoms with van der Waals surface area (Å²) in [7, 11) is 0. The second kappa shape index (κ2) is 4.74. The number of carboxylic acids is 2. The fourth-order valence-electron chi connectivity index (χ4n) is 1.42. The van der Waals surface area contributed by atoms with Gasteiger partial charge in [0.2, 0.25) is 0 Å². The molecule has 2 N–H and O–H groups in total. The number of carboxylic acid groups (broad SMARTS) is 2. The zero-order valence-electron chi connectivity index (χ0n) is 8.61. The van der Waals surface area contributed by atoms with Gasteiger partial charge in [0, 0.05) is 5.56 Å². The Morgan fingerprint density at radius 3 is 2.44 bits per heavy atom. The van der Waals surface area contributed by atoms with E-state index in [4.69, 9.17) is 10.2 Å². The van der Waals surface area contributed by atoms with E-state index in [0.29, 0.717) is 5.56 Å². The van der Waals surface area contributed by atoms with Crippen molar-refractivity contribution in [2.75, 3.05) is 0 Å². The highest BCUT2D eigenvalue weighted by atomic mass is 19.1. The highest BCUT2D eigenvalue weighted by Crippen LogP contribution is 2.23. The summed E-state index contributed by atoms with van der Waals surface area (Å²) in [6.07, 6.45) is -0.630. The van der Waals surface area contributed by atoms with Crippen LogP contribution in [-0.2, 0) is 9.59 Å². The molecule has 0 saturated carbocycles. The van der Waals surface area contributed by atoms with E-state index in [1.54, 1.807) is 13.0 Å². The maximum Gasteiger partial charge on any atom is 0.311 e. The van der Waals surface area contributed by atoms with Crippen LogP contribution in [0.15, 0.2) is 18.2 Å². The topological polar surface area (TPSA) is 74.6 Å². The van der Waals surface area contributed by atoms with Gasteiger partial charge in [-0.1, -0.05) is 12.1 Å². The van der Waals surface area contributed by atoms with Crippen LogP contribution in [0.1, 0.15) is 23.5 Å². The predicted molar refractivity (Wildman–Crippen MR) is 53.8 cm³/mol. The van der Waals surface area contributed by atoms with Crippen LogP contribution in [0.4, 0.5) is 4.39 Å². The Morgan fingerprint density at radius 2 is 2.00 bits per heavy atom. The maximum atomic E-state index is 13.5. The Morgan fingerprint density at radius 1 is 1.38 bits per heavy atom. The van der Waals surface area contributed by atoms with Gasteiger partial charge in [-0.15, -0.1) is 0 Å². The van der Waals surface area contributed by atoms with Crippen LogP contribution >= 0.6 is 0 Å². The van der Waals surface area contributed by atoms with Crippen LogP contribution in [0.3, 0.4) is 0 Å². The highest BCUT2D eigenvalue weighted by Gasteiger charge is 2.25. The number of aliphatic carboxylic acids is 2. The number of benzene rings is 1. The molecule has 1 rings (SSSR count). The molecule has 1 aromatic rings. The van der Waals surface area contributed by atoms with Crippen LogP contribution in [0.5, 0.6) is 0 Å². The van der Waals surface area contributed by atoms with Crippen molar-refractivity contribution >= 4 is 11.9 Å². The zero-order valence-corrected chi connectivity index (χ0v) is 8.61. The number of hydrogen-bond acceptors (Lipinski definition) is 2. The van der Waals surface area contributed by atoms with Gasteiger partial charge in [-0.25, -0.2) is 4.39 Å². The van der Waals surface area contributed by atoms with E-state index in [-0.39, 0.29) is 5.56 Å². The Bertz CT molecular complexity index is 428. The molecule has 1 atom stereocenters. The van der Waals surface area contributed by atoms with Crippen LogP contribution in [0.25, 0.3) is 0 Å². The molecule has 0 aromatic heterocycles. The monoisotopic (exact) mass is 226 g/mol. The van der Waals surface area contributed by atoms with E-state index in [1.165, 1.54) is 12.1 Å². The fourth-order valence-corrected chi connectivity index (χ4v) is 1.42. The smallest absolute Gasteiger partial charge is 0.311 e. The van der Waals surface area contributed by atoms with E-state index >= 15 is 0 Å². The second-order valence-corrected chi connectivity index (χ2v) is 3.51. The summed E-state index contributed by atoms with van der Waals surface area (Å²) in [4.78, 5) is 21.3. The van der Waals surface area contributed by atoms with Gasteiger partial charge in [-0.2, -0.15) is 0 Å². The predicted octanol–water partition coefficient (Wildman–Crippen LogP) is 1.78. The molecule has 16 heavy (non-hydrogen) atoms. The lowest BCUT2D eigenvalue weighted by Gasteiger charge is -2.11. The molecule has 86 valence electrons. The van der Waals surface area contributed by atoms with Gasteiger partial charge in [-0.3, -0.25) is 9.59 Å². The molecule has 0 heterocycles. The minimum atomic E-state index is -1.35. The number of aryl methyl sites for hydroxylation is 1. The molecule has 4 nitrogen and oxygen atoms in total. The first kappa shape index (κ1) is 12.2. The molecule has 0 aliphatic carbocycles. The quantitative estimate of drug-likeness (QED) is 0.820. The van der Waals surface area contributed by atoms with Gasteiger partial charge in [0.15, 0.2) is 0 Å². The van der Waals surface area contributed by atoms with Crippen LogP contribution in [-0.4, -0.2) is 22.2 Å². The van der Waals surface area contributed by atoms with Crippen molar-refractivity contribution in [2.24, 2.45) is 0 Å². The molecule has 0 fully saturated rings. The summed E-state index contributed by atoms with van der Waals surface area (Å²) >= 11 is 0. The first-order chi connectivity index (χ1) is 7.41. The van der Waals surface area contributed by atoms with Gasteiger partial charge in [0.05, 0.1) is 12.3 Å². The molecule has 0 bridgehead atoms. The minimum Gasteiger partial charge on any atom is -0.481 e. The Kier molecular flexibility index (Phi) is 3.60. The maximum absolute atomic E-state index is 13.5. The molecule has 1 unspecified atom stereocenters. The Labute approximate surface area is 91.3 Å². The first-order valence-electron chi connectivity index (χ1n) is 4.62. The van der Waals surface area contributed by atoms with E-state index in [2.05, 4.69) is 0 Å². The zero-order chi connectivity index (χ0) is 12.3. The largest absolute Gasteiger partial charge is 0.481 e. The third-order valence-corrected chi connectivity index (χ3v) is 2.21. The SMILES string of the molecule is Cc1ccc(C(CC(=O)O)C(=O)O)c(F)c1. The molecule has 0 radical (unpaired) electrons. The number of carbonyl (C=O) groups is 2. The van der Waals surface area contributed by atoms with Crippen molar-refractivity contribution in [2.45, 2.75) is 19.3 Å². The minimum absolute atomic E-state index is 0.0968. The molecule has 0 aliphatic rings. The van der Waals surface area contributed by atoms with Crippen LogP contribution < -0.4 is 0 Å². The summed E-state index contributed by atoms with van der Waals surface area (Å²) < 4.78 is 13.5. The van der Waals surface area contributed by atoms with Gasteiger partial charge in [0.25, 0.3) is 0 Å². The Balaban J connectivity index is 3.10. The summed E-state index contributed by atoms with van der Waals surface area (Å²) in [6, 6.07) is 4.05. The fraction of sp³-hybridized carbons (Fsp3) is 0.273. The van der Waals surface area contributed by atoms with Crippen molar-refractivity contribution in [3.63, 3.8) is 0 Å². The molecule has 0 amide bonds. The second-order valence-electron chi connectivity index (χ2n) is 3.51. The summed E-state index contributed by atoms with van der Waals surface area (Å²) in [6.45, 7) is 1.67. The number of rotatable bonds is 4. The number of hydrogen-bond donors (Lipinski definition) is 2. The van der Waals surface area contributed by atoms with Gasteiger partial charge < -0.3 is 10.2 Å². The lowest BCUT2D eigenvalue weighted by atomic mass is 9.94. The number of halogens is 1. The summed E-state index contributed by atoms with van der Waals surface area (Å²) in [5.74, 6) is -4.65. The standard InChI is InChI=1S/C11H11FO4/c1-6-2-3-7(9(12)4-6)8(11(15)16)5-10(13)14/h2-4,8H,5H2,1H3,(H,13,14)(H,15,16). The van der Waals surface area contributed by atoms with Crippen molar-refractivity contribution in [3.05, 3.63) is 35.1 Å². The lowest BCUT2D eigenvalue weighted by Crippen LogP contribution is -2.17. The molecule has 0 saturated heterocycles. The third kappa shape index (κ3) is 2.79. The van der Waals surface area contributed by atoms with Crippen molar-refractivity contribution < 1.29 is 24.2 Å². The van der Waals surface area contributed by atoms with Crippen molar-refractivity contribution in [1.82, 2.24) is 0 Å². The first-order valence-corrected chi connectivity index (χ1v) is 4.62. The van der Waals surface area contributed by atoms with E-state index in [1.807, 2.05) is 0 Å². The molecule has 5 heteroatoms. The van der Waals surface area contributed by atoms with Crippen LogP contribution in [0.2, 0.25) is 0 Å². The van der Waals surface area contributed by atoms with E-state index < -0.39 is 30.1 Å². The van der Waals surface area contributed by atoms with Crippen LogP contribution in [0, 0.1) is 12.7 Å². The van der Waals surface area contributed by atoms with E-state index in [9.17, 15) is 14.0 Å². The molecule has 1 aromatic carbocycles. The molecular formula is C11H11FO4. The molecule has 0 spiro atoms. The average molecular weight is 226 g/mol. The third-order valence-electron chi connectivity index (χ3n) is 2.21. The Hall–Kier alpha value is -1.91. The normalized spacial score (nSPS) is 12.1. The average Bonchev–Trinajstić information content (AvgIpc) is 2.14. The van der Waals surface area contributed by atoms with Gasteiger partial charge in [0.1, 0.15) is 5.82 Å². The lowest BCUT2D eigenvalue weighted by molar-refractivity contribution is -0.145. The van der Waals surface area contributed by atoms with E-state index in [0.717, 1.165) is 0 Å². The van der Waals surface area contributed by atoms with Gasteiger partial charge in [-0.05, 0) is 18.6 Å². The molecule has 0 aliphatic heterocycles. The summed E-state index contributed by atoms with van der Waals surface area (Å²) in [5.41, 5.74) is 0.557. The molecular weight excluding hydrogens is 215 g/mol.